The summed E-state index contributed by atoms with van der Waals surface area (Å²) in [5.74, 6) is 8.00. The maximum Gasteiger partial charge on any atom is 0.231 e. The molecule has 0 bridgehead atoms. The molecule has 0 fully saturated rings. The minimum absolute atomic E-state index is 0.750. The molecule has 0 aliphatic carbocycles. The second-order valence-corrected chi connectivity index (χ2v) is 0.204. The fourth-order valence-corrected chi connectivity index (χ4v) is 0. The van der Waals surface area contributed by atoms with Gasteiger partial charge in [0.2, 0.25) is 12.2 Å². The molecule has 0 aromatic carbocycles. The van der Waals surface area contributed by atoms with Crippen molar-refractivity contribution in [3.8, 4) is 0 Å². The maximum atomic E-state index is 8.35. The van der Waals surface area contributed by atoms with Gasteiger partial charge in [0.05, 0.1) is 0 Å². The first-order valence-electron chi connectivity index (χ1n) is 1.24. The molecule has 46 valence electrons. The topological polar surface area (TPSA) is 134 Å². The van der Waals surface area contributed by atoms with Gasteiger partial charge in [-0.15, -0.1) is 0 Å². The first kappa shape index (κ1) is 15.9. The number of hydrogen-bond donors (Lipinski definition) is 4. The summed E-state index contributed by atoms with van der Waals surface area (Å²) in [6.45, 7) is 0. The molecule has 0 amide bonds. The van der Waals surface area contributed by atoms with E-state index in [1.807, 2.05) is 0 Å². The summed E-state index contributed by atoms with van der Waals surface area (Å²) in [6, 6.07) is 0. The van der Waals surface area contributed by atoms with Crippen molar-refractivity contribution in [2.45, 2.75) is 0 Å². The molecule has 0 aliphatic heterocycles. The third kappa shape index (κ3) is 36.4. The van der Waals surface area contributed by atoms with E-state index in [9.17, 15) is 0 Å². The highest BCUT2D eigenvalue weighted by Gasteiger charge is 1.04. The van der Waals surface area contributed by atoms with Crippen LogP contribution in [0, 0.1) is 10.8 Å². The summed E-state index contributed by atoms with van der Waals surface area (Å²) in [5, 5.41) is 10.8. The highest BCUT2D eigenvalue weighted by molar-refractivity contribution is 5.26. The zero-order chi connectivity index (χ0) is 7.41. The third-order valence-corrected chi connectivity index (χ3v) is 0. The molecule has 0 atom stereocenters. The van der Waals surface area contributed by atoms with Gasteiger partial charge >= 0.3 is 0 Å². The summed E-state index contributed by atoms with van der Waals surface area (Å²) in [4.78, 5) is 16.7. The summed E-state index contributed by atoms with van der Waals surface area (Å²) in [5.41, 5.74) is 0. The predicted molar refractivity (Wildman–Crippen MR) is 25.2 cm³/mol. The molecule has 0 heterocycles. The monoisotopic (exact) mass is 118 g/mol. The Balaban J connectivity index is -0.0000000483. The number of rotatable bonds is 0. The molecule has 0 spiro atoms. The first-order chi connectivity index (χ1) is 3.83. The van der Waals surface area contributed by atoms with Gasteiger partial charge < -0.3 is 0 Å². The minimum Gasteiger partial charge on any atom is -0.274 e. The summed E-state index contributed by atoms with van der Waals surface area (Å²) in [6.07, 6.45) is 1.50. The van der Waals surface area contributed by atoms with Gasteiger partial charge in [-0.25, -0.2) is 20.4 Å². The number of hydrogen-bond acceptors (Lipinski definition) is 6. The van der Waals surface area contributed by atoms with E-state index in [1.54, 1.807) is 0 Å². The predicted octanol–water partition coefficient (Wildman–Crippen LogP) is -1.38. The number of isocyanates is 2. The van der Waals surface area contributed by atoms with Crippen molar-refractivity contribution in [3.05, 3.63) is 0 Å². The van der Waals surface area contributed by atoms with Crippen molar-refractivity contribution in [3.63, 3.8) is 0 Å². The van der Waals surface area contributed by atoms with Gasteiger partial charge in [-0.3, -0.25) is 11.7 Å². The molecule has 6 nitrogen and oxygen atoms in total. The number of nitrogens with one attached hydrogen (secondary N) is 2. The van der Waals surface area contributed by atoms with Crippen molar-refractivity contribution in [1.29, 1.82) is 10.8 Å². The van der Waals surface area contributed by atoms with E-state index in [2.05, 4.69) is 11.7 Å². The quantitative estimate of drug-likeness (QED) is 0.135. The van der Waals surface area contributed by atoms with Gasteiger partial charge in [-0.1, -0.05) is 0 Å². The molecule has 0 rings (SSSR count). The van der Waals surface area contributed by atoms with Gasteiger partial charge in [0, 0.05) is 0 Å². The second-order valence-electron chi connectivity index (χ2n) is 0.204. The number of nitrogens with two attached hydrogens (primary N) is 2. The van der Waals surface area contributed by atoms with Crippen LogP contribution in [0.1, 0.15) is 0 Å². The Morgan fingerprint density at radius 3 is 1.00 bits per heavy atom. The van der Waals surface area contributed by atoms with Crippen LogP contribution in [0.4, 0.5) is 0 Å². The number of carbonyl (C=O) groups excluding carboxylic acids is 2. The van der Waals surface area contributed by atoms with E-state index in [4.69, 9.17) is 20.4 Å². The van der Waals surface area contributed by atoms with Gasteiger partial charge in [-0.2, -0.15) is 0 Å². The Hall–Kier alpha value is -1.32. The minimum atomic E-state index is 0.750. The highest BCUT2D eigenvalue weighted by Crippen LogP contribution is 0.871. The lowest BCUT2D eigenvalue weighted by molar-refractivity contribution is 0.562. The van der Waals surface area contributed by atoms with E-state index < -0.39 is 0 Å². The fraction of sp³-hybridized carbons (Fsp3) is 0. The standard InChI is InChI=1S/2CHNO.H4N2/c2*2-1-3;1-2/h2*2H;1-2H2. The molecule has 0 aliphatic rings. The molecule has 6 heteroatoms. The van der Waals surface area contributed by atoms with Crippen molar-refractivity contribution in [2.24, 2.45) is 11.7 Å². The molecule has 6 N–H and O–H groups in total. The van der Waals surface area contributed by atoms with E-state index in [0.29, 0.717) is 0 Å². The van der Waals surface area contributed by atoms with Crippen molar-refractivity contribution >= 4 is 12.2 Å². The highest BCUT2D eigenvalue weighted by atomic mass is 16.1. The summed E-state index contributed by atoms with van der Waals surface area (Å²) < 4.78 is 0. The molecule has 0 saturated heterocycles. The molecule has 0 aromatic rings. The molecule has 0 saturated carbocycles. The van der Waals surface area contributed by atoms with Crippen LogP contribution in [-0.4, -0.2) is 12.2 Å². The van der Waals surface area contributed by atoms with Crippen LogP contribution in [0.15, 0.2) is 0 Å². The average Bonchev–Trinajstić information content (AvgIpc) is 1.75. The summed E-state index contributed by atoms with van der Waals surface area (Å²) >= 11 is 0. The SMILES string of the molecule is N=C=O.N=C=O.NN. The van der Waals surface area contributed by atoms with E-state index >= 15 is 0 Å². The lowest BCUT2D eigenvalue weighted by Gasteiger charge is -1.27. The van der Waals surface area contributed by atoms with Crippen LogP contribution in [0.2, 0.25) is 0 Å². The average molecular weight is 118 g/mol. The van der Waals surface area contributed by atoms with E-state index in [1.165, 1.54) is 0 Å². The van der Waals surface area contributed by atoms with Gasteiger partial charge in [-0.05, 0) is 0 Å². The van der Waals surface area contributed by atoms with Crippen LogP contribution in [-0.2, 0) is 9.59 Å². The van der Waals surface area contributed by atoms with E-state index in [-0.39, 0.29) is 0 Å². The Labute approximate surface area is 45.5 Å². The zero-order valence-electron chi connectivity index (χ0n) is 3.97. The fourth-order valence-electron chi connectivity index (χ4n) is 0. The van der Waals surface area contributed by atoms with Crippen molar-refractivity contribution in [2.75, 3.05) is 0 Å². The van der Waals surface area contributed by atoms with Crippen LogP contribution in [0.3, 0.4) is 0 Å². The molecule has 0 aromatic heterocycles. The maximum absolute atomic E-state index is 8.35. The van der Waals surface area contributed by atoms with Crippen LogP contribution >= 0.6 is 0 Å². The smallest absolute Gasteiger partial charge is 0.231 e. The Kier molecular flexibility index (Phi) is 535. The van der Waals surface area contributed by atoms with Crippen molar-refractivity contribution < 1.29 is 9.59 Å². The van der Waals surface area contributed by atoms with Gasteiger partial charge in [0.25, 0.3) is 0 Å². The van der Waals surface area contributed by atoms with Crippen LogP contribution < -0.4 is 11.7 Å². The van der Waals surface area contributed by atoms with Crippen molar-refractivity contribution in [1.82, 2.24) is 0 Å². The second kappa shape index (κ2) is 269. The molecule has 8 heavy (non-hydrogen) atoms. The van der Waals surface area contributed by atoms with E-state index in [0.717, 1.165) is 12.2 Å². The van der Waals surface area contributed by atoms with Gasteiger partial charge in [0.1, 0.15) is 0 Å². The Morgan fingerprint density at radius 2 is 1.00 bits per heavy atom. The van der Waals surface area contributed by atoms with Gasteiger partial charge in [0.15, 0.2) is 0 Å². The molecule has 0 radical (unpaired) electrons. The normalized spacial score (nSPS) is 2.75. The zero-order valence-corrected chi connectivity index (χ0v) is 3.97. The van der Waals surface area contributed by atoms with Crippen LogP contribution in [0.25, 0.3) is 0 Å². The van der Waals surface area contributed by atoms with Crippen LogP contribution in [0.5, 0.6) is 0 Å². The third-order valence-electron chi connectivity index (χ3n) is 0. The molecular formula is C2H6N4O2. The Morgan fingerprint density at radius 1 is 1.00 bits per heavy atom. The lowest BCUT2D eigenvalue weighted by atomic mass is 11.7. The first-order valence-corrected chi connectivity index (χ1v) is 1.24. The molecular weight excluding hydrogens is 112 g/mol. The lowest BCUT2D eigenvalue weighted by Crippen LogP contribution is -2.02. The number of hydrazine groups is 1. The largest absolute Gasteiger partial charge is 0.274 e. The Bertz CT molecular complexity index is 66.0. The summed E-state index contributed by atoms with van der Waals surface area (Å²) in [7, 11) is 0. The molecule has 0 unspecified atom stereocenters.